The fourth-order valence-electron chi connectivity index (χ4n) is 3.62. The lowest BCUT2D eigenvalue weighted by Gasteiger charge is -2.15. The van der Waals surface area contributed by atoms with Gasteiger partial charge < -0.3 is 10.1 Å². The highest BCUT2D eigenvalue weighted by molar-refractivity contribution is 7.19. The van der Waals surface area contributed by atoms with E-state index in [0.29, 0.717) is 21.5 Å². The quantitative estimate of drug-likeness (QED) is 0.416. The summed E-state index contributed by atoms with van der Waals surface area (Å²) in [5.74, 6) is -0.787. The van der Waals surface area contributed by atoms with Gasteiger partial charge in [-0.25, -0.2) is 9.78 Å². The molecule has 0 aliphatic carbocycles. The van der Waals surface area contributed by atoms with E-state index in [-0.39, 0.29) is 18.1 Å². The van der Waals surface area contributed by atoms with E-state index in [9.17, 15) is 14.4 Å². The zero-order chi connectivity index (χ0) is 23.5. The number of nitrogens with one attached hydrogen (secondary N) is 1. The monoisotopic (exact) mass is 461 g/mol. The summed E-state index contributed by atoms with van der Waals surface area (Å²) in [4.78, 5) is 44.2. The van der Waals surface area contributed by atoms with E-state index in [0.717, 1.165) is 16.0 Å². The normalized spacial score (nSPS) is 11.8. The lowest BCUT2D eigenvalue weighted by Crippen LogP contribution is -2.31. The molecule has 1 atom stereocenters. The van der Waals surface area contributed by atoms with Gasteiger partial charge in [0.15, 0.2) is 0 Å². The lowest BCUT2D eigenvalue weighted by atomic mass is 10.0. The summed E-state index contributed by atoms with van der Waals surface area (Å²) in [5, 5.41) is 3.31. The second kappa shape index (κ2) is 9.38. The molecule has 0 saturated heterocycles. The molecule has 2 aromatic heterocycles. The maximum absolute atomic E-state index is 13.4. The van der Waals surface area contributed by atoms with Gasteiger partial charge in [-0.05, 0) is 50.6 Å². The Balaban J connectivity index is 1.62. The highest BCUT2D eigenvalue weighted by Crippen LogP contribution is 2.35. The minimum absolute atomic E-state index is 0.261. The van der Waals surface area contributed by atoms with Crippen LogP contribution in [-0.2, 0) is 9.53 Å². The molecule has 168 valence electrons. The number of benzene rings is 2. The lowest BCUT2D eigenvalue weighted by molar-refractivity contribution is -0.118. The number of aryl methyl sites for hydroxylation is 1. The highest BCUT2D eigenvalue weighted by Gasteiger charge is 2.22. The molecule has 0 radical (unpaired) electrons. The third-order valence-corrected chi connectivity index (χ3v) is 6.35. The van der Waals surface area contributed by atoms with Gasteiger partial charge in [0.2, 0.25) is 5.91 Å². The molecule has 4 aromatic rings. The van der Waals surface area contributed by atoms with Crippen LogP contribution in [0.3, 0.4) is 0 Å². The summed E-state index contributed by atoms with van der Waals surface area (Å²) in [6.45, 7) is 5.65. The molecular formula is C25H23N3O4S. The SMILES string of the molecule is CCOC(=O)c1ccc(NC(=O)C(C)n2cnc3sc(C)c(-c4ccccc4)c3c2=O)cc1. The predicted octanol–water partition coefficient (Wildman–Crippen LogP) is 4.81. The number of rotatable bonds is 6. The standard InChI is InChI=1S/C25H23N3O4S/c1-4-32-25(31)18-10-12-19(13-11-18)27-22(29)15(2)28-14-26-23-21(24(28)30)20(16(3)33-23)17-8-6-5-7-9-17/h5-15H,4H2,1-3H3,(H,27,29). The summed E-state index contributed by atoms with van der Waals surface area (Å²) in [7, 11) is 0. The van der Waals surface area contributed by atoms with Crippen molar-refractivity contribution in [3.63, 3.8) is 0 Å². The topological polar surface area (TPSA) is 90.3 Å². The van der Waals surface area contributed by atoms with Crippen LogP contribution in [0.2, 0.25) is 0 Å². The van der Waals surface area contributed by atoms with Crippen LogP contribution in [-0.4, -0.2) is 28.0 Å². The molecule has 1 amide bonds. The van der Waals surface area contributed by atoms with Crippen molar-refractivity contribution in [1.29, 1.82) is 0 Å². The highest BCUT2D eigenvalue weighted by atomic mass is 32.1. The van der Waals surface area contributed by atoms with Crippen molar-refractivity contribution in [3.05, 3.63) is 81.7 Å². The number of fused-ring (bicyclic) bond motifs is 1. The van der Waals surface area contributed by atoms with Crippen LogP contribution in [0.4, 0.5) is 5.69 Å². The fourth-order valence-corrected chi connectivity index (χ4v) is 4.62. The molecule has 0 aliphatic rings. The van der Waals surface area contributed by atoms with E-state index in [2.05, 4.69) is 10.3 Å². The smallest absolute Gasteiger partial charge is 0.338 e. The largest absolute Gasteiger partial charge is 0.462 e. The van der Waals surface area contributed by atoms with E-state index >= 15 is 0 Å². The number of amides is 1. The second-order valence-electron chi connectivity index (χ2n) is 7.50. The van der Waals surface area contributed by atoms with E-state index in [4.69, 9.17) is 4.74 Å². The van der Waals surface area contributed by atoms with Crippen molar-refractivity contribution in [2.45, 2.75) is 26.8 Å². The molecule has 0 aliphatic heterocycles. The van der Waals surface area contributed by atoms with Crippen molar-refractivity contribution in [2.75, 3.05) is 11.9 Å². The van der Waals surface area contributed by atoms with Gasteiger partial charge in [0, 0.05) is 16.1 Å². The Morgan fingerprint density at radius 1 is 1.12 bits per heavy atom. The van der Waals surface area contributed by atoms with Crippen LogP contribution in [0.5, 0.6) is 0 Å². The molecule has 4 rings (SSSR count). The van der Waals surface area contributed by atoms with Crippen LogP contribution in [0, 0.1) is 6.92 Å². The molecule has 1 N–H and O–H groups in total. The van der Waals surface area contributed by atoms with Crippen LogP contribution >= 0.6 is 11.3 Å². The summed E-state index contributed by atoms with van der Waals surface area (Å²) in [6, 6.07) is 15.3. The molecule has 33 heavy (non-hydrogen) atoms. The van der Waals surface area contributed by atoms with Gasteiger partial charge in [0.25, 0.3) is 5.56 Å². The molecule has 2 heterocycles. The molecule has 1 unspecified atom stereocenters. The number of anilines is 1. The molecular weight excluding hydrogens is 438 g/mol. The third kappa shape index (κ3) is 4.42. The zero-order valence-corrected chi connectivity index (χ0v) is 19.3. The molecule has 0 saturated carbocycles. The van der Waals surface area contributed by atoms with Crippen LogP contribution < -0.4 is 10.9 Å². The molecule has 8 heteroatoms. The van der Waals surface area contributed by atoms with Crippen molar-refractivity contribution >= 4 is 39.1 Å². The Hall–Kier alpha value is -3.78. The van der Waals surface area contributed by atoms with Gasteiger partial charge in [-0.2, -0.15) is 0 Å². The third-order valence-electron chi connectivity index (χ3n) is 5.34. The number of carbonyl (C=O) groups excluding carboxylic acids is 2. The average Bonchev–Trinajstić information content (AvgIpc) is 3.16. The van der Waals surface area contributed by atoms with Gasteiger partial charge in [0.1, 0.15) is 10.9 Å². The zero-order valence-electron chi connectivity index (χ0n) is 18.5. The van der Waals surface area contributed by atoms with Gasteiger partial charge in [0.05, 0.1) is 23.9 Å². The molecule has 0 fully saturated rings. The van der Waals surface area contributed by atoms with E-state index in [1.54, 1.807) is 38.1 Å². The first-order chi connectivity index (χ1) is 15.9. The maximum atomic E-state index is 13.4. The molecule has 7 nitrogen and oxygen atoms in total. The first-order valence-corrected chi connectivity index (χ1v) is 11.4. The van der Waals surface area contributed by atoms with Gasteiger partial charge >= 0.3 is 5.97 Å². The van der Waals surface area contributed by atoms with Crippen molar-refractivity contribution in [3.8, 4) is 11.1 Å². The minimum atomic E-state index is -0.789. The van der Waals surface area contributed by atoms with Gasteiger partial charge in [-0.15, -0.1) is 11.3 Å². The maximum Gasteiger partial charge on any atom is 0.338 e. The van der Waals surface area contributed by atoms with Gasteiger partial charge in [-0.3, -0.25) is 14.2 Å². The Morgan fingerprint density at radius 2 is 1.82 bits per heavy atom. The summed E-state index contributed by atoms with van der Waals surface area (Å²) >= 11 is 1.46. The molecule has 2 aromatic carbocycles. The fraction of sp³-hybridized carbons (Fsp3) is 0.200. The second-order valence-corrected chi connectivity index (χ2v) is 8.70. The van der Waals surface area contributed by atoms with Crippen LogP contribution in [0.15, 0.2) is 65.7 Å². The summed E-state index contributed by atoms with van der Waals surface area (Å²) in [5.41, 5.74) is 2.44. The number of esters is 1. The first-order valence-electron chi connectivity index (χ1n) is 10.5. The number of hydrogen-bond donors (Lipinski definition) is 1. The number of hydrogen-bond acceptors (Lipinski definition) is 6. The first kappa shape index (κ1) is 22.4. The number of aromatic nitrogens is 2. The number of nitrogens with zero attached hydrogens (tertiary/aromatic N) is 2. The number of carbonyl (C=O) groups is 2. The van der Waals surface area contributed by atoms with Crippen molar-refractivity contribution in [1.82, 2.24) is 9.55 Å². The Bertz CT molecular complexity index is 1370. The van der Waals surface area contributed by atoms with Crippen molar-refractivity contribution in [2.24, 2.45) is 0 Å². The number of thiophene rings is 1. The average molecular weight is 462 g/mol. The Labute approximate surface area is 194 Å². The summed E-state index contributed by atoms with van der Waals surface area (Å²) in [6.07, 6.45) is 1.42. The van der Waals surface area contributed by atoms with Crippen molar-refractivity contribution < 1.29 is 14.3 Å². The van der Waals surface area contributed by atoms with E-state index < -0.39 is 12.0 Å². The van der Waals surface area contributed by atoms with E-state index in [1.807, 2.05) is 37.3 Å². The predicted molar refractivity (Wildman–Crippen MR) is 130 cm³/mol. The minimum Gasteiger partial charge on any atom is -0.462 e. The van der Waals surface area contributed by atoms with Gasteiger partial charge in [-0.1, -0.05) is 30.3 Å². The van der Waals surface area contributed by atoms with Crippen LogP contribution in [0.1, 0.15) is 35.1 Å². The molecule has 0 bridgehead atoms. The molecule has 0 spiro atoms. The number of ether oxygens (including phenoxy) is 1. The van der Waals surface area contributed by atoms with Crippen LogP contribution in [0.25, 0.3) is 21.3 Å². The van der Waals surface area contributed by atoms with E-state index in [1.165, 1.54) is 22.2 Å². The summed E-state index contributed by atoms with van der Waals surface area (Å²) < 4.78 is 6.32. The Kier molecular flexibility index (Phi) is 6.37. The Morgan fingerprint density at radius 3 is 2.48 bits per heavy atom.